The van der Waals surface area contributed by atoms with Gasteiger partial charge in [0.15, 0.2) is 0 Å². The van der Waals surface area contributed by atoms with Gasteiger partial charge in [-0.05, 0) is 62.2 Å². The van der Waals surface area contributed by atoms with Crippen molar-refractivity contribution in [3.63, 3.8) is 0 Å². The Morgan fingerprint density at radius 3 is 2.52 bits per heavy atom. The standard InChI is InChI=1S/C22H24FN3O3/c1-15(2)28-19-9-3-16(4-10-19)13-14-24-20(27)11-12-21-25-22(26-29-21)17-5-7-18(23)8-6-17/h3-10,15H,11-14H2,1-2H3,(H,24,27). The van der Waals surface area contributed by atoms with Gasteiger partial charge in [-0.1, -0.05) is 17.3 Å². The lowest BCUT2D eigenvalue weighted by atomic mass is 10.1. The molecule has 0 spiro atoms. The molecule has 1 N–H and O–H groups in total. The molecule has 0 aliphatic rings. The van der Waals surface area contributed by atoms with Gasteiger partial charge in [-0.3, -0.25) is 4.79 Å². The summed E-state index contributed by atoms with van der Waals surface area (Å²) in [7, 11) is 0. The summed E-state index contributed by atoms with van der Waals surface area (Å²) in [6, 6.07) is 13.7. The van der Waals surface area contributed by atoms with Crippen LogP contribution in [-0.4, -0.2) is 28.7 Å². The molecule has 0 aliphatic heterocycles. The maximum atomic E-state index is 13.0. The number of halogens is 1. The van der Waals surface area contributed by atoms with E-state index in [0.29, 0.717) is 30.2 Å². The van der Waals surface area contributed by atoms with E-state index < -0.39 is 0 Å². The van der Waals surface area contributed by atoms with Crippen LogP contribution < -0.4 is 10.1 Å². The lowest BCUT2D eigenvalue weighted by Crippen LogP contribution is -2.25. The zero-order valence-electron chi connectivity index (χ0n) is 16.5. The highest BCUT2D eigenvalue weighted by molar-refractivity contribution is 5.76. The van der Waals surface area contributed by atoms with Crippen LogP contribution in [0, 0.1) is 5.82 Å². The van der Waals surface area contributed by atoms with Crippen molar-refractivity contribution < 1.29 is 18.4 Å². The average molecular weight is 397 g/mol. The van der Waals surface area contributed by atoms with Gasteiger partial charge in [-0.25, -0.2) is 4.39 Å². The fraction of sp³-hybridized carbons (Fsp3) is 0.318. The van der Waals surface area contributed by atoms with E-state index in [4.69, 9.17) is 9.26 Å². The molecular formula is C22H24FN3O3. The van der Waals surface area contributed by atoms with Gasteiger partial charge >= 0.3 is 0 Å². The number of amides is 1. The van der Waals surface area contributed by atoms with E-state index in [1.54, 1.807) is 12.1 Å². The van der Waals surface area contributed by atoms with E-state index in [1.165, 1.54) is 12.1 Å². The van der Waals surface area contributed by atoms with E-state index in [0.717, 1.165) is 17.7 Å². The van der Waals surface area contributed by atoms with Crippen molar-refractivity contribution in [1.29, 1.82) is 0 Å². The van der Waals surface area contributed by atoms with Gasteiger partial charge < -0.3 is 14.6 Å². The molecular weight excluding hydrogens is 373 g/mol. The number of hydrogen-bond acceptors (Lipinski definition) is 5. The predicted octanol–water partition coefficient (Wildman–Crippen LogP) is 3.95. The van der Waals surface area contributed by atoms with Gasteiger partial charge in [0.2, 0.25) is 17.6 Å². The molecule has 0 fully saturated rings. The SMILES string of the molecule is CC(C)Oc1ccc(CCNC(=O)CCc2nc(-c3ccc(F)cc3)no2)cc1. The number of nitrogens with zero attached hydrogens (tertiary/aromatic N) is 2. The van der Waals surface area contributed by atoms with Crippen LogP contribution in [0.2, 0.25) is 0 Å². The number of benzene rings is 2. The number of aromatic nitrogens is 2. The second kappa shape index (κ2) is 9.82. The molecule has 0 bridgehead atoms. The molecule has 0 saturated carbocycles. The van der Waals surface area contributed by atoms with E-state index in [2.05, 4.69) is 15.5 Å². The first kappa shape index (κ1) is 20.5. The molecule has 0 radical (unpaired) electrons. The zero-order chi connectivity index (χ0) is 20.6. The van der Waals surface area contributed by atoms with Gasteiger partial charge in [-0.15, -0.1) is 0 Å². The largest absolute Gasteiger partial charge is 0.491 e. The number of rotatable bonds is 9. The third-order valence-electron chi connectivity index (χ3n) is 4.17. The summed E-state index contributed by atoms with van der Waals surface area (Å²) in [5.74, 6) is 1.19. The minimum Gasteiger partial charge on any atom is -0.491 e. The highest BCUT2D eigenvalue weighted by atomic mass is 19.1. The second-order valence-corrected chi connectivity index (χ2v) is 6.93. The summed E-state index contributed by atoms with van der Waals surface area (Å²) in [4.78, 5) is 16.3. The van der Waals surface area contributed by atoms with Crippen LogP contribution in [0.3, 0.4) is 0 Å². The third kappa shape index (κ3) is 6.41. The Kier molecular flexibility index (Phi) is 6.94. The molecule has 1 heterocycles. The average Bonchev–Trinajstić information content (AvgIpc) is 3.17. The van der Waals surface area contributed by atoms with Crippen molar-refractivity contribution in [2.75, 3.05) is 6.54 Å². The first-order chi connectivity index (χ1) is 14.0. The van der Waals surface area contributed by atoms with Gasteiger partial charge in [0, 0.05) is 24.9 Å². The minimum absolute atomic E-state index is 0.0775. The van der Waals surface area contributed by atoms with Crippen LogP contribution in [0.1, 0.15) is 31.7 Å². The fourth-order valence-corrected chi connectivity index (χ4v) is 2.73. The van der Waals surface area contributed by atoms with Crippen LogP contribution in [0.15, 0.2) is 53.1 Å². The maximum absolute atomic E-state index is 13.0. The Labute approximate surface area is 169 Å². The lowest BCUT2D eigenvalue weighted by molar-refractivity contribution is -0.121. The van der Waals surface area contributed by atoms with Crippen LogP contribution in [0.5, 0.6) is 5.75 Å². The molecule has 6 nitrogen and oxygen atoms in total. The van der Waals surface area contributed by atoms with Crippen molar-refractivity contribution >= 4 is 5.91 Å². The number of carbonyl (C=O) groups is 1. The van der Waals surface area contributed by atoms with Crippen molar-refractivity contribution in [3.05, 3.63) is 65.8 Å². The summed E-state index contributed by atoms with van der Waals surface area (Å²) >= 11 is 0. The molecule has 3 aromatic rings. The van der Waals surface area contributed by atoms with Crippen molar-refractivity contribution in [1.82, 2.24) is 15.5 Å². The normalized spacial score (nSPS) is 10.9. The Morgan fingerprint density at radius 1 is 1.10 bits per heavy atom. The Bertz CT molecular complexity index is 921. The summed E-state index contributed by atoms with van der Waals surface area (Å²) in [6.07, 6.45) is 1.49. The van der Waals surface area contributed by atoms with Gasteiger partial charge in [-0.2, -0.15) is 4.98 Å². The van der Waals surface area contributed by atoms with Crippen LogP contribution in [0.25, 0.3) is 11.4 Å². The van der Waals surface area contributed by atoms with Crippen molar-refractivity contribution in [3.8, 4) is 17.1 Å². The van der Waals surface area contributed by atoms with E-state index in [1.807, 2.05) is 38.1 Å². The first-order valence-corrected chi connectivity index (χ1v) is 9.60. The fourth-order valence-electron chi connectivity index (χ4n) is 2.73. The molecule has 152 valence electrons. The summed E-state index contributed by atoms with van der Waals surface area (Å²) < 4.78 is 23.8. The number of carbonyl (C=O) groups excluding carboxylic acids is 1. The lowest BCUT2D eigenvalue weighted by Gasteiger charge is -2.10. The molecule has 0 unspecified atom stereocenters. The van der Waals surface area contributed by atoms with Crippen LogP contribution in [0.4, 0.5) is 4.39 Å². The number of aryl methyl sites for hydroxylation is 1. The van der Waals surface area contributed by atoms with Crippen LogP contribution in [-0.2, 0) is 17.6 Å². The number of ether oxygens (including phenoxy) is 1. The molecule has 0 aliphatic carbocycles. The molecule has 0 atom stereocenters. The Balaban J connectivity index is 1.39. The Hall–Kier alpha value is -3.22. The maximum Gasteiger partial charge on any atom is 0.227 e. The van der Waals surface area contributed by atoms with Gasteiger partial charge in [0.05, 0.1) is 6.10 Å². The quantitative estimate of drug-likeness (QED) is 0.591. The molecule has 29 heavy (non-hydrogen) atoms. The smallest absolute Gasteiger partial charge is 0.227 e. The van der Waals surface area contributed by atoms with Crippen molar-refractivity contribution in [2.24, 2.45) is 0 Å². The topological polar surface area (TPSA) is 77.2 Å². The van der Waals surface area contributed by atoms with Crippen molar-refractivity contribution in [2.45, 2.75) is 39.2 Å². The van der Waals surface area contributed by atoms with E-state index in [9.17, 15) is 9.18 Å². The molecule has 1 aromatic heterocycles. The molecule has 7 heteroatoms. The number of nitrogens with one attached hydrogen (secondary N) is 1. The highest BCUT2D eigenvalue weighted by Crippen LogP contribution is 2.17. The summed E-state index contributed by atoms with van der Waals surface area (Å²) in [5.41, 5.74) is 1.79. The van der Waals surface area contributed by atoms with Crippen LogP contribution >= 0.6 is 0 Å². The number of hydrogen-bond donors (Lipinski definition) is 1. The van der Waals surface area contributed by atoms with E-state index in [-0.39, 0.29) is 24.2 Å². The third-order valence-corrected chi connectivity index (χ3v) is 4.17. The summed E-state index contributed by atoms with van der Waals surface area (Å²) in [6.45, 7) is 4.52. The summed E-state index contributed by atoms with van der Waals surface area (Å²) in [5, 5.41) is 6.76. The monoisotopic (exact) mass is 397 g/mol. The molecule has 2 aromatic carbocycles. The molecule has 0 saturated heterocycles. The second-order valence-electron chi connectivity index (χ2n) is 6.93. The highest BCUT2D eigenvalue weighted by Gasteiger charge is 2.11. The zero-order valence-corrected chi connectivity index (χ0v) is 16.5. The Morgan fingerprint density at radius 2 is 1.83 bits per heavy atom. The van der Waals surface area contributed by atoms with E-state index >= 15 is 0 Å². The first-order valence-electron chi connectivity index (χ1n) is 9.60. The predicted molar refractivity (Wildman–Crippen MR) is 107 cm³/mol. The minimum atomic E-state index is -0.325. The van der Waals surface area contributed by atoms with Gasteiger partial charge in [0.1, 0.15) is 11.6 Å². The molecule has 3 rings (SSSR count). The van der Waals surface area contributed by atoms with Gasteiger partial charge in [0.25, 0.3) is 0 Å². The molecule has 1 amide bonds.